The number of thioether (sulfide) groups is 1. The third-order valence-electron chi connectivity index (χ3n) is 6.35. The van der Waals surface area contributed by atoms with Crippen molar-refractivity contribution >= 4 is 45.5 Å². The number of alkyl halides is 9. The van der Waals surface area contributed by atoms with Crippen molar-refractivity contribution in [2.24, 2.45) is 0 Å². The van der Waals surface area contributed by atoms with Crippen LogP contribution in [0.15, 0.2) is 18.2 Å². The molecule has 2 aliphatic rings. The molecule has 1 saturated heterocycles. The van der Waals surface area contributed by atoms with Crippen molar-refractivity contribution < 1.29 is 49.1 Å². The minimum Gasteiger partial charge on any atom is -0.370 e. The van der Waals surface area contributed by atoms with Gasteiger partial charge in [-0.05, 0) is 30.9 Å². The molecule has 2 aromatic rings. The largest absolute Gasteiger partial charge is 0.454 e. The third-order valence-corrected chi connectivity index (χ3v) is 7.74. The molecule has 37 heavy (non-hydrogen) atoms. The van der Waals surface area contributed by atoms with Crippen molar-refractivity contribution in [3.63, 3.8) is 0 Å². The molecular weight excluding hydrogens is 539 g/mol. The van der Waals surface area contributed by atoms with Crippen molar-refractivity contribution in [3.8, 4) is 0 Å². The topological polar surface area (TPSA) is 40.6 Å². The van der Waals surface area contributed by atoms with E-state index in [2.05, 4.69) is 0 Å². The lowest BCUT2D eigenvalue weighted by molar-refractivity contribution is -0.129. The van der Waals surface area contributed by atoms with Crippen LogP contribution in [-0.4, -0.2) is 56.1 Å². The van der Waals surface area contributed by atoms with Gasteiger partial charge in [0.05, 0.1) is 22.8 Å². The van der Waals surface area contributed by atoms with Gasteiger partial charge < -0.3 is 9.80 Å². The van der Waals surface area contributed by atoms with Gasteiger partial charge in [0.25, 0.3) is 11.6 Å². The molecule has 0 N–H and O–H groups in total. The van der Waals surface area contributed by atoms with Crippen LogP contribution in [0.5, 0.6) is 0 Å². The van der Waals surface area contributed by atoms with Crippen LogP contribution in [0, 0.1) is 0 Å². The predicted molar refractivity (Wildman–Crippen MR) is 120 cm³/mol. The number of anilines is 2. The first-order valence-corrected chi connectivity index (χ1v) is 12.1. The zero-order valence-corrected chi connectivity index (χ0v) is 19.9. The van der Waals surface area contributed by atoms with E-state index in [0.29, 0.717) is 24.6 Å². The van der Waals surface area contributed by atoms with Gasteiger partial charge in [0.15, 0.2) is 0 Å². The van der Waals surface area contributed by atoms with E-state index < -0.39 is 57.4 Å². The number of nitrogens with zero attached hydrogens (tertiary/aromatic N) is 2. The van der Waals surface area contributed by atoms with Gasteiger partial charge >= 0.3 is 18.5 Å². The second kappa shape index (κ2) is 9.28. The lowest BCUT2D eigenvalue weighted by Gasteiger charge is -2.37. The Bertz CT molecular complexity index is 1250. The first-order valence-electron chi connectivity index (χ1n) is 11.0. The fourth-order valence-corrected chi connectivity index (χ4v) is 5.92. The van der Waals surface area contributed by atoms with Gasteiger partial charge in [-0.3, -0.25) is 9.59 Å². The fraction of sp³-hybridized carbons (Fsp3) is 0.478. The van der Waals surface area contributed by atoms with Gasteiger partial charge in [-0.2, -0.15) is 39.5 Å². The van der Waals surface area contributed by atoms with E-state index in [1.165, 1.54) is 16.8 Å². The highest BCUT2D eigenvalue weighted by atomic mass is 32.2. The molecule has 0 amide bonds. The number of rotatable bonds is 3. The average Bonchev–Trinajstić information content (AvgIpc) is 2.80. The summed E-state index contributed by atoms with van der Waals surface area (Å²) in [5.74, 6) is -5.30. The monoisotopic (exact) mass is 558 g/mol. The molecule has 0 aliphatic carbocycles. The van der Waals surface area contributed by atoms with Crippen LogP contribution in [0.1, 0.15) is 50.8 Å². The number of Topliss-reactive ketones (excluding diaryl/α,β-unsaturated/α-hetero) is 2. The van der Waals surface area contributed by atoms with Crippen molar-refractivity contribution in [3.05, 3.63) is 34.9 Å². The molecule has 1 atom stereocenters. The van der Waals surface area contributed by atoms with Crippen molar-refractivity contribution in [1.29, 1.82) is 0 Å². The second-order valence-electron chi connectivity index (χ2n) is 8.86. The van der Waals surface area contributed by atoms with Gasteiger partial charge in [-0.15, -0.1) is 11.8 Å². The highest BCUT2D eigenvalue weighted by Gasteiger charge is 2.48. The van der Waals surface area contributed by atoms with Crippen LogP contribution in [0.2, 0.25) is 0 Å². The molecule has 2 aliphatic heterocycles. The number of benzene rings is 2. The van der Waals surface area contributed by atoms with Crippen LogP contribution in [0.4, 0.5) is 50.9 Å². The van der Waals surface area contributed by atoms with E-state index >= 15 is 0 Å². The number of hydrogen-bond donors (Lipinski definition) is 0. The number of halogens is 9. The maximum absolute atomic E-state index is 13.8. The Morgan fingerprint density at radius 2 is 1.41 bits per heavy atom. The summed E-state index contributed by atoms with van der Waals surface area (Å²) in [6, 6.07) is 2.23. The molecule has 0 radical (unpaired) electrons. The number of piperidine rings is 1. The lowest BCUT2D eigenvalue weighted by atomic mass is 9.89. The molecule has 2 aromatic carbocycles. The normalized spacial score (nSPS) is 19.2. The first kappa shape index (κ1) is 27.4. The maximum atomic E-state index is 13.8. The first-order chi connectivity index (χ1) is 17.0. The Kier molecular flexibility index (Phi) is 6.87. The Hall–Kier alpha value is -2.64. The van der Waals surface area contributed by atoms with Crippen LogP contribution >= 0.6 is 11.8 Å². The molecule has 14 heteroatoms. The summed E-state index contributed by atoms with van der Waals surface area (Å²) in [6.45, 7) is 0.349. The molecular formula is C23H19F9N2O2S. The molecule has 4 nitrogen and oxygen atoms in total. The lowest BCUT2D eigenvalue weighted by Crippen LogP contribution is -2.34. The van der Waals surface area contributed by atoms with E-state index in [1.807, 2.05) is 0 Å². The van der Waals surface area contributed by atoms with Crippen LogP contribution in [0.25, 0.3) is 10.8 Å². The highest BCUT2D eigenvalue weighted by Crippen LogP contribution is 2.54. The number of hydrogen-bond acceptors (Lipinski definition) is 5. The minimum absolute atomic E-state index is 0.174. The zero-order valence-electron chi connectivity index (χ0n) is 19.1. The Balaban J connectivity index is 2.18. The molecule has 2 heterocycles. The molecule has 202 valence electrons. The van der Waals surface area contributed by atoms with Crippen molar-refractivity contribution in [1.82, 2.24) is 0 Å². The van der Waals surface area contributed by atoms with Gasteiger partial charge in [0.1, 0.15) is 5.25 Å². The second-order valence-corrected chi connectivity index (χ2v) is 9.93. The summed E-state index contributed by atoms with van der Waals surface area (Å²) >= 11 is 0.473. The molecule has 0 saturated carbocycles. The van der Waals surface area contributed by atoms with Crippen molar-refractivity contribution in [2.75, 3.05) is 35.8 Å². The summed E-state index contributed by atoms with van der Waals surface area (Å²) in [5, 5.41) is -3.01. The number of carbonyl (C=O) groups excluding carboxylic acids is 2. The van der Waals surface area contributed by atoms with Crippen LogP contribution in [0.3, 0.4) is 0 Å². The SMILES string of the molecule is CN1CSC(C(F)(F)F)c2ccc3c(N4CCCCC4)c(C(=O)C(F)(F)F)cc(C(=O)C(F)(F)F)c3c21. The molecule has 1 fully saturated rings. The highest BCUT2D eigenvalue weighted by molar-refractivity contribution is 7.99. The zero-order chi connectivity index (χ0) is 27.5. The average molecular weight is 558 g/mol. The summed E-state index contributed by atoms with van der Waals surface area (Å²) < 4.78 is 123. The van der Waals surface area contributed by atoms with E-state index in [0.717, 1.165) is 18.6 Å². The van der Waals surface area contributed by atoms with E-state index in [9.17, 15) is 49.1 Å². The van der Waals surface area contributed by atoms with Crippen LogP contribution in [-0.2, 0) is 0 Å². The number of carbonyl (C=O) groups is 2. The van der Waals surface area contributed by atoms with Gasteiger partial charge in [-0.1, -0.05) is 12.1 Å². The predicted octanol–water partition coefficient (Wildman–Crippen LogP) is 7.06. The van der Waals surface area contributed by atoms with Gasteiger partial charge in [0, 0.05) is 36.5 Å². The number of fused-ring (bicyclic) bond motifs is 3. The summed E-state index contributed by atoms with van der Waals surface area (Å²) in [6.07, 6.45) is -14.1. The molecule has 0 spiro atoms. The van der Waals surface area contributed by atoms with Crippen molar-refractivity contribution in [2.45, 2.75) is 43.0 Å². The van der Waals surface area contributed by atoms with E-state index in [1.54, 1.807) is 0 Å². The molecule has 4 rings (SSSR count). The standard InChI is InChI=1S/C23H19F9N2O2S/c1-33-10-37-20(23(30,31)32)12-6-5-11-15(17(12)33)13(18(35)21(24,25)26)9-14(19(36)22(27,28)29)16(11)34-7-3-2-4-8-34/h5-6,9,20H,2-4,7-8,10H2,1H3. The number of ketones is 2. The Labute approximate surface area is 208 Å². The smallest absolute Gasteiger partial charge is 0.370 e. The molecule has 1 unspecified atom stereocenters. The third kappa shape index (κ3) is 4.96. The fourth-order valence-electron chi connectivity index (χ4n) is 4.86. The quantitative estimate of drug-likeness (QED) is 0.298. The molecule has 0 bridgehead atoms. The van der Waals surface area contributed by atoms with Gasteiger partial charge in [-0.25, -0.2) is 0 Å². The summed E-state index contributed by atoms with van der Waals surface area (Å²) in [5.41, 5.74) is -3.54. The molecule has 0 aromatic heterocycles. The maximum Gasteiger partial charge on any atom is 0.454 e. The van der Waals surface area contributed by atoms with Crippen LogP contribution < -0.4 is 9.80 Å². The minimum atomic E-state index is -5.56. The summed E-state index contributed by atoms with van der Waals surface area (Å²) in [4.78, 5) is 27.6. The van der Waals surface area contributed by atoms with E-state index in [4.69, 9.17) is 0 Å². The summed E-state index contributed by atoms with van der Waals surface area (Å²) in [7, 11) is 1.31. The van der Waals surface area contributed by atoms with E-state index in [-0.39, 0.29) is 41.8 Å². The Morgan fingerprint density at radius 3 is 1.95 bits per heavy atom. The van der Waals surface area contributed by atoms with Gasteiger partial charge in [0.2, 0.25) is 0 Å². The Morgan fingerprint density at radius 1 is 0.838 bits per heavy atom.